The van der Waals surface area contributed by atoms with Crippen LogP contribution in [0.3, 0.4) is 0 Å². The van der Waals surface area contributed by atoms with Gasteiger partial charge in [0.25, 0.3) is 0 Å². The zero-order chi connectivity index (χ0) is 14.7. The summed E-state index contributed by atoms with van der Waals surface area (Å²) < 4.78 is 4.99. The number of hydrogen-bond acceptors (Lipinski definition) is 4. The topological polar surface area (TPSA) is 66.8 Å². The maximum atomic E-state index is 11.8. The molecule has 0 spiro atoms. The molecule has 5 heteroatoms. The summed E-state index contributed by atoms with van der Waals surface area (Å²) in [7, 11) is 1.62. The Morgan fingerprint density at radius 2 is 1.79 bits per heavy atom. The monoisotopic (exact) mass is 273 g/mol. The van der Waals surface area contributed by atoms with E-state index in [1.165, 1.54) is 0 Å². The number of carboxylic acid groups (broad SMARTS) is 1. The lowest BCUT2D eigenvalue weighted by Gasteiger charge is -2.27. The van der Waals surface area contributed by atoms with Gasteiger partial charge in [0.2, 0.25) is 0 Å². The van der Waals surface area contributed by atoms with Crippen molar-refractivity contribution >= 4 is 11.8 Å². The Kier molecular flexibility index (Phi) is 10.4. The molecule has 0 bridgehead atoms. The molecule has 0 rings (SSSR count). The van der Waals surface area contributed by atoms with E-state index >= 15 is 0 Å². The Morgan fingerprint density at radius 1 is 1.16 bits per heavy atom. The standard InChI is InChI=1S/C14H27NO4/c1-4-6-7-9-15(10-8-11-19-3)13(14(17)18)12(16)5-2/h13H,4-11H2,1-3H3,(H,17,18). The molecule has 0 aliphatic carbocycles. The lowest BCUT2D eigenvalue weighted by atomic mass is 10.1. The Morgan fingerprint density at radius 3 is 2.26 bits per heavy atom. The van der Waals surface area contributed by atoms with E-state index in [1.54, 1.807) is 18.9 Å². The number of nitrogens with zero attached hydrogens (tertiary/aromatic N) is 1. The first-order valence-electron chi connectivity index (χ1n) is 7.06. The Hall–Kier alpha value is -0.940. The molecule has 1 unspecified atom stereocenters. The predicted molar refractivity (Wildman–Crippen MR) is 74.3 cm³/mol. The van der Waals surface area contributed by atoms with Crippen LogP contribution in [-0.2, 0) is 14.3 Å². The highest BCUT2D eigenvalue weighted by molar-refractivity contribution is 6.02. The highest BCUT2D eigenvalue weighted by Gasteiger charge is 2.30. The van der Waals surface area contributed by atoms with E-state index in [0.29, 0.717) is 19.7 Å². The lowest BCUT2D eigenvalue weighted by molar-refractivity contribution is -0.148. The normalized spacial score (nSPS) is 12.6. The molecule has 0 aliphatic heterocycles. The number of rotatable bonds is 12. The van der Waals surface area contributed by atoms with Gasteiger partial charge in [0, 0.05) is 26.7 Å². The van der Waals surface area contributed by atoms with Crippen LogP contribution >= 0.6 is 0 Å². The third kappa shape index (κ3) is 7.28. The van der Waals surface area contributed by atoms with Crippen LogP contribution in [0.2, 0.25) is 0 Å². The molecule has 0 aromatic heterocycles. The molecule has 0 aromatic carbocycles. The zero-order valence-corrected chi connectivity index (χ0v) is 12.4. The molecule has 0 aliphatic rings. The Balaban J connectivity index is 4.62. The van der Waals surface area contributed by atoms with Gasteiger partial charge in [0.05, 0.1) is 0 Å². The second-order valence-corrected chi connectivity index (χ2v) is 4.65. The number of aliphatic carboxylic acids is 1. The van der Waals surface area contributed by atoms with Crippen LogP contribution < -0.4 is 0 Å². The quantitative estimate of drug-likeness (QED) is 0.435. The predicted octanol–water partition coefficient (Wildman–Crippen LogP) is 1.95. The molecule has 1 N–H and O–H groups in total. The highest BCUT2D eigenvalue weighted by atomic mass is 16.5. The molecule has 0 heterocycles. The molecular formula is C14H27NO4. The molecule has 0 saturated carbocycles. The summed E-state index contributed by atoms with van der Waals surface area (Å²) in [4.78, 5) is 24.9. The van der Waals surface area contributed by atoms with E-state index in [-0.39, 0.29) is 12.2 Å². The number of carbonyl (C=O) groups excluding carboxylic acids is 1. The van der Waals surface area contributed by atoms with Crippen molar-refractivity contribution in [1.29, 1.82) is 0 Å². The Bertz CT molecular complexity index is 258. The Labute approximate surface area is 115 Å². The summed E-state index contributed by atoms with van der Waals surface area (Å²) in [5, 5.41) is 9.26. The molecule has 0 amide bonds. The molecule has 0 saturated heterocycles. The number of ether oxygens (including phenoxy) is 1. The first kappa shape index (κ1) is 18.1. The van der Waals surface area contributed by atoms with Crippen molar-refractivity contribution in [2.75, 3.05) is 26.8 Å². The number of hydrogen-bond donors (Lipinski definition) is 1. The van der Waals surface area contributed by atoms with Crippen LogP contribution in [0.15, 0.2) is 0 Å². The zero-order valence-electron chi connectivity index (χ0n) is 12.4. The van der Waals surface area contributed by atoms with E-state index in [1.807, 2.05) is 0 Å². The molecule has 1 atom stereocenters. The number of carboxylic acids is 1. The fourth-order valence-corrected chi connectivity index (χ4v) is 2.04. The minimum Gasteiger partial charge on any atom is -0.480 e. The summed E-state index contributed by atoms with van der Waals surface area (Å²) in [6.07, 6.45) is 4.04. The number of carbonyl (C=O) groups is 2. The van der Waals surface area contributed by atoms with Crippen molar-refractivity contribution in [2.45, 2.75) is 52.0 Å². The number of ketones is 1. The van der Waals surface area contributed by atoms with Gasteiger partial charge < -0.3 is 9.84 Å². The first-order valence-corrected chi connectivity index (χ1v) is 7.06. The summed E-state index contributed by atoms with van der Waals surface area (Å²) in [5.74, 6) is -1.26. The van der Waals surface area contributed by atoms with Gasteiger partial charge in [0.15, 0.2) is 11.8 Å². The number of Topliss-reactive ketones (excluding diaryl/α,β-unsaturated/α-hetero) is 1. The molecule has 5 nitrogen and oxygen atoms in total. The molecule has 19 heavy (non-hydrogen) atoms. The number of methoxy groups -OCH3 is 1. The minimum absolute atomic E-state index is 0.221. The lowest BCUT2D eigenvalue weighted by Crippen LogP contribution is -2.47. The van der Waals surface area contributed by atoms with Crippen LogP contribution in [-0.4, -0.2) is 54.6 Å². The summed E-state index contributed by atoms with van der Waals surface area (Å²) >= 11 is 0. The van der Waals surface area contributed by atoms with E-state index in [2.05, 4.69) is 6.92 Å². The van der Waals surface area contributed by atoms with Gasteiger partial charge in [-0.3, -0.25) is 14.5 Å². The van der Waals surface area contributed by atoms with Crippen molar-refractivity contribution in [3.05, 3.63) is 0 Å². The number of unbranched alkanes of at least 4 members (excludes halogenated alkanes) is 2. The summed E-state index contributed by atoms with van der Waals surface area (Å²) in [5.41, 5.74) is 0. The van der Waals surface area contributed by atoms with Crippen LogP contribution in [0.25, 0.3) is 0 Å². The third-order valence-electron chi connectivity index (χ3n) is 3.10. The highest BCUT2D eigenvalue weighted by Crippen LogP contribution is 2.08. The first-order chi connectivity index (χ1) is 9.08. The molecule has 0 fully saturated rings. The second-order valence-electron chi connectivity index (χ2n) is 4.65. The van der Waals surface area contributed by atoms with Crippen LogP contribution in [0.1, 0.15) is 46.0 Å². The smallest absolute Gasteiger partial charge is 0.328 e. The van der Waals surface area contributed by atoms with Gasteiger partial charge >= 0.3 is 5.97 Å². The van der Waals surface area contributed by atoms with Gasteiger partial charge in [-0.05, 0) is 19.4 Å². The van der Waals surface area contributed by atoms with E-state index in [0.717, 1.165) is 25.7 Å². The molecular weight excluding hydrogens is 246 g/mol. The van der Waals surface area contributed by atoms with Crippen LogP contribution in [0.4, 0.5) is 0 Å². The van der Waals surface area contributed by atoms with Gasteiger partial charge in [-0.2, -0.15) is 0 Å². The fraction of sp³-hybridized carbons (Fsp3) is 0.857. The molecule has 0 aromatic rings. The summed E-state index contributed by atoms with van der Waals surface area (Å²) in [6.45, 7) is 5.62. The second kappa shape index (κ2) is 10.9. The van der Waals surface area contributed by atoms with Crippen molar-refractivity contribution in [1.82, 2.24) is 4.90 Å². The largest absolute Gasteiger partial charge is 0.480 e. The summed E-state index contributed by atoms with van der Waals surface area (Å²) in [6, 6.07) is -1.00. The van der Waals surface area contributed by atoms with Gasteiger partial charge in [-0.1, -0.05) is 26.7 Å². The maximum absolute atomic E-state index is 11.8. The van der Waals surface area contributed by atoms with Gasteiger partial charge in [-0.15, -0.1) is 0 Å². The molecule has 112 valence electrons. The van der Waals surface area contributed by atoms with Crippen molar-refractivity contribution in [3.63, 3.8) is 0 Å². The molecule has 0 radical (unpaired) electrons. The minimum atomic E-state index is -1.04. The SMILES string of the molecule is CCCCCN(CCCOC)C(C(=O)O)C(=O)CC. The van der Waals surface area contributed by atoms with Crippen molar-refractivity contribution in [2.24, 2.45) is 0 Å². The fourth-order valence-electron chi connectivity index (χ4n) is 2.04. The van der Waals surface area contributed by atoms with E-state index in [9.17, 15) is 14.7 Å². The van der Waals surface area contributed by atoms with E-state index < -0.39 is 12.0 Å². The van der Waals surface area contributed by atoms with Gasteiger partial charge in [-0.25, -0.2) is 0 Å². The average molecular weight is 273 g/mol. The van der Waals surface area contributed by atoms with Gasteiger partial charge in [0.1, 0.15) is 0 Å². The van der Waals surface area contributed by atoms with E-state index in [4.69, 9.17) is 4.74 Å². The average Bonchev–Trinajstić information content (AvgIpc) is 2.38. The third-order valence-corrected chi connectivity index (χ3v) is 3.10. The van der Waals surface area contributed by atoms with Crippen LogP contribution in [0.5, 0.6) is 0 Å². The van der Waals surface area contributed by atoms with Crippen molar-refractivity contribution < 1.29 is 19.4 Å². The maximum Gasteiger partial charge on any atom is 0.328 e. The van der Waals surface area contributed by atoms with Crippen molar-refractivity contribution in [3.8, 4) is 0 Å². The van der Waals surface area contributed by atoms with Crippen LogP contribution in [0, 0.1) is 0 Å².